The molecule has 0 aliphatic rings. The molecule has 0 radical (unpaired) electrons. The predicted molar refractivity (Wildman–Crippen MR) is 92.9 cm³/mol. The number of carbonyl (C=O) groups excluding carboxylic acids is 2. The molecular formula is C19H36O4. The van der Waals surface area contributed by atoms with Crippen LogP contribution in [0.15, 0.2) is 0 Å². The molecule has 0 saturated heterocycles. The molecule has 4 nitrogen and oxygen atoms in total. The lowest BCUT2D eigenvalue weighted by Crippen LogP contribution is -2.30. The third kappa shape index (κ3) is 8.97. The normalized spacial score (nSPS) is 14.8. The van der Waals surface area contributed by atoms with Crippen molar-refractivity contribution in [2.75, 3.05) is 0 Å². The zero-order chi connectivity index (χ0) is 17.7. The van der Waals surface area contributed by atoms with Gasteiger partial charge in [0.15, 0.2) is 0 Å². The van der Waals surface area contributed by atoms with E-state index in [1.54, 1.807) is 0 Å². The molecule has 136 valence electrons. The van der Waals surface area contributed by atoms with E-state index in [0.717, 1.165) is 51.4 Å². The van der Waals surface area contributed by atoms with Crippen molar-refractivity contribution in [1.82, 2.24) is 0 Å². The van der Waals surface area contributed by atoms with Crippen LogP contribution in [0.3, 0.4) is 0 Å². The maximum atomic E-state index is 12.2. The van der Waals surface area contributed by atoms with E-state index in [-0.39, 0.29) is 23.8 Å². The molecule has 0 saturated carbocycles. The minimum Gasteiger partial charge on any atom is -0.425 e. The summed E-state index contributed by atoms with van der Waals surface area (Å²) in [6, 6.07) is 0. The summed E-state index contributed by atoms with van der Waals surface area (Å²) in [6.45, 7) is 10.1. The highest BCUT2D eigenvalue weighted by molar-refractivity contribution is 5.74. The van der Waals surface area contributed by atoms with Gasteiger partial charge in [0.2, 0.25) is 6.29 Å². The molecule has 0 aromatic carbocycles. The van der Waals surface area contributed by atoms with Crippen LogP contribution >= 0.6 is 0 Å². The fourth-order valence-corrected chi connectivity index (χ4v) is 2.52. The van der Waals surface area contributed by atoms with Crippen LogP contribution in [0.5, 0.6) is 0 Å². The molecule has 0 amide bonds. The Balaban J connectivity index is 4.51. The molecule has 0 fully saturated rings. The van der Waals surface area contributed by atoms with E-state index in [4.69, 9.17) is 9.47 Å². The largest absolute Gasteiger partial charge is 0.425 e. The highest BCUT2D eigenvalue weighted by Gasteiger charge is 2.25. The molecule has 2 atom stereocenters. The van der Waals surface area contributed by atoms with Gasteiger partial charge in [0, 0.05) is 6.42 Å². The van der Waals surface area contributed by atoms with Gasteiger partial charge >= 0.3 is 11.9 Å². The summed E-state index contributed by atoms with van der Waals surface area (Å²) in [5, 5.41) is 0. The molecule has 0 heterocycles. The third-order valence-corrected chi connectivity index (χ3v) is 4.29. The van der Waals surface area contributed by atoms with E-state index in [1.165, 1.54) is 0 Å². The van der Waals surface area contributed by atoms with E-state index in [9.17, 15) is 9.59 Å². The number of esters is 2. The minimum absolute atomic E-state index is 0.0928. The van der Waals surface area contributed by atoms with Gasteiger partial charge in [-0.25, -0.2) is 0 Å². The van der Waals surface area contributed by atoms with Crippen LogP contribution in [0, 0.1) is 11.8 Å². The SMILES string of the molecule is CCCCC(CC)C(=O)OC(CC)OC(=O)C(CC)CCCC. The van der Waals surface area contributed by atoms with Gasteiger partial charge in [-0.15, -0.1) is 0 Å². The Morgan fingerprint density at radius 3 is 1.35 bits per heavy atom. The molecule has 0 N–H and O–H groups in total. The number of ether oxygens (including phenoxy) is 2. The lowest BCUT2D eigenvalue weighted by molar-refractivity contribution is -0.194. The molecule has 0 spiro atoms. The predicted octanol–water partition coefficient (Wildman–Crippen LogP) is 5.24. The Morgan fingerprint density at radius 1 is 0.696 bits per heavy atom. The fraction of sp³-hybridized carbons (Fsp3) is 0.895. The summed E-state index contributed by atoms with van der Waals surface area (Å²) in [5.41, 5.74) is 0. The first-order valence-corrected chi connectivity index (χ1v) is 9.44. The number of hydrogen-bond acceptors (Lipinski definition) is 4. The number of unbranched alkanes of at least 4 members (excludes halogenated alkanes) is 2. The molecule has 0 aliphatic heterocycles. The van der Waals surface area contributed by atoms with E-state index in [2.05, 4.69) is 13.8 Å². The lowest BCUT2D eigenvalue weighted by Gasteiger charge is -2.22. The van der Waals surface area contributed by atoms with Crippen molar-refractivity contribution in [3.63, 3.8) is 0 Å². The van der Waals surface area contributed by atoms with Gasteiger partial charge in [-0.05, 0) is 25.7 Å². The third-order valence-electron chi connectivity index (χ3n) is 4.29. The quantitative estimate of drug-likeness (QED) is 0.342. The molecule has 0 rings (SSSR count). The first kappa shape index (κ1) is 21.9. The molecule has 4 heteroatoms. The van der Waals surface area contributed by atoms with Crippen molar-refractivity contribution >= 4 is 11.9 Å². The van der Waals surface area contributed by atoms with Crippen molar-refractivity contribution in [3.05, 3.63) is 0 Å². The molecule has 0 aliphatic carbocycles. The second-order valence-electron chi connectivity index (χ2n) is 6.21. The summed E-state index contributed by atoms with van der Waals surface area (Å²) >= 11 is 0. The van der Waals surface area contributed by atoms with Crippen LogP contribution < -0.4 is 0 Å². The van der Waals surface area contributed by atoms with Crippen LogP contribution in [0.2, 0.25) is 0 Å². The highest BCUT2D eigenvalue weighted by Crippen LogP contribution is 2.19. The summed E-state index contributed by atoms with van der Waals surface area (Å²) < 4.78 is 10.9. The number of rotatable bonds is 13. The second-order valence-corrected chi connectivity index (χ2v) is 6.21. The average Bonchev–Trinajstić information content (AvgIpc) is 2.55. The summed E-state index contributed by atoms with van der Waals surface area (Å²) in [5.74, 6) is -0.654. The van der Waals surface area contributed by atoms with Gasteiger partial charge in [-0.2, -0.15) is 0 Å². The van der Waals surface area contributed by atoms with Crippen molar-refractivity contribution in [2.45, 2.75) is 98.7 Å². The van der Waals surface area contributed by atoms with Crippen LogP contribution in [0.25, 0.3) is 0 Å². The summed E-state index contributed by atoms with van der Waals surface area (Å²) in [6.07, 6.45) is 7.09. The zero-order valence-electron chi connectivity index (χ0n) is 15.7. The van der Waals surface area contributed by atoms with Crippen molar-refractivity contribution in [3.8, 4) is 0 Å². The van der Waals surface area contributed by atoms with Gasteiger partial charge in [0.25, 0.3) is 0 Å². The minimum atomic E-state index is -0.749. The number of hydrogen-bond donors (Lipinski definition) is 0. The van der Waals surface area contributed by atoms with E-state index >= 15 is 0 Å². The van der Waals surface area contributed by atoms with Gasteiger partial charge < -0.3 is 9.47 Å². The molecular weight excluding hydrogens is 292 g/mol. The second kappa shape index (κ2) is 13.4. The molecule has 23 heavy (non-hydrogen) atoms. The van der Waals surface area contributed by atoms with Gasteiger partial charge in [-0.1, -0.05) is 60.3 Å². The Kier molecular flexibility index (Phi) is 12.8. The smallest absolute Gasteiger partial charge is 0.311 e. The van der Waals surface area contributed by atoms with Crippen molar-refractivity contribution < 1.29 is 19.1 Å². The summed E-state index contributed by atoms with van der Waals surface area (Å²) in [4.78, 5) is 24.5. The monoisotopic (exact) mass is 328 g/mol. The first-order valence-electron chi connectivity index (χ1n) is 9.44. The van der Waals surface area contributed by atoms with Crippen molar-refractivity contribution in [2.24, 2.45) is 11.8 Å². The van der Waals surface area contributed by atoms with E-state index < -0.39 is 6.29 Å². The van der Waals surface area contributed by atoms with Crippen LogP contribution in [-0.2, 0) is 19.1 Å². The van der Waals surface area contributed by atoms with Gasteiger partial charge in [0.05, 0.1) is 11.8 Å². The maximum Gasteiger partial charge on any atom is 0.311 e. The average molecular weight is 328 g/mol. The topological polar surface area (TPSA) is 52.6 Å². The molecule has 0 aromatic rings. The van der Waals surface area contributed by atoms with Gasteiger partial charge in [0.1, 0.15) is 0 Å². The van der Waals surface area contributed by atoms with Crippen LogP contribution in [0.4, 0.5) is 0 Å². The Hall–Kier alpha value is -1.06. The molecule has 0 aromatic heterocycles. The van der Waals surface area contributed by atoms with Gasteiger partial charge in [-0.3, -0.25) is 9.59 Å². The Bertz CT molecular complexity index is 297. The molecule has 0 bridgehead atoms. The summed E-state index contributed by atoms with van der Waals surface area (Å²) in [7, 11) is 0. The Labute approximate surface area is 142 Å². The fourth-order valence-electron chi connectivity index (χ4n) is 2.52. The lowest BCUT2D eigenvalue weighted by atomic mass is 9.99. The van der Waals surface area contributed by atoms with Crippen LogP contribution in [0.1, 0.15) is 92.4 Å². The van der Waals surface area contributed by atoms with Crippen molar-refractivity contribution in [1.29, 1.82) is 0 Å². The maximum absolute atomic E-state index is 12.2. The zero-order valence-corrected chi connectivity index (χ0v) is 15.7. The van der Waals surface area contributed by atoms with Crippen LogP contribution in [-0.4, -0.2) is 18.2 Å². The van der Waals surface area contributed by atoms with E-state index in [1.807, 2.05) is 20.8 Å². The number of carbonyl (C=O) groups is 2. The van der Waals surface area contributed by atoms with E-state index in [0.29, 0.717) is 6.42 Å². The Morgan fingerprint density at radius 2 is 1.09 bits per heavy atom. The first-order chi connectivity index (χ1) is 11.0. The standard InChI is InChI=1S/C19H36O4/c1-6-11-13-15(8-3)18(20)22-17(10-5)23-19(21)16(9-4)14-12-7-2/h15-17H,6-14H2,1-5H3. The highest BCUT2D eigenvalue weighted by atomic mass is 16.7. The molecule has 2 unspecified atom stereocenters.